The average Bonchev–Trinajstić information content (AvgIpc) is 2.65. The number of nitrogens with one attached hydrogen (secondary N) is 1. The minimum absolute atomic E-state index is 0.910. The Kier molecular flexibility index (Phi) is 3.67. The molecule has 4 rings (SSSR count). The van der Waals surface area contributed by atoms with Crippen LogP contribution < -0.4 is 5.43 Å². The number of hydrazone groups is 1. The molecule has 3 heteroatoms. The molecule has 116 valence electrons. The van der Waals surface area contributed by atoms with Crippen LogP contribution in [0, 0.1) is 0 Å². The van der Waals surface area contributed by atoms with Crippen molar-refractivity contribution >= 4 is 33.1 Å². The summed E-state index contributed by atoms with van der Waals surface area (Å²) in [5, 5.41) is 8.12. The lowest BCUT2D eigenvalue weighted by atomic mass is 10.0. The van der Waals surface area contributed by atoms with Gasteiger partial charge in [-0.2, -0.15) is 5.10 Å². The Hall–Kier alpha value is -3.20. The third kappa shape index (κ3) is 2.61. The normalized spacial score (nSPS) is 11.8. The van der Waals surface area contributed by atoms with Crippen LogP contribution in [0.2, 0.25) is 0 Å². The molecule has 0 amide bonds. The highest BCUT2D eigenvalue weighted by atomic mass is 15.3. The number of fused-ring (bicyclic) bond motifs is 2. The molecule has 0 atom stereocenters. The van der Waals surface area contributed by atoms with Gasteiger partial charge in [0.1, 0.15) is 0 Å². The lowest BCUT2D eigenvalue weighted by molar-refractivity contribution is 1.31. The molecule has 4 aromatic rings. The quantitative estimate of drug-likeness (QED) is 0.416. The van der Waals surface area contributed by atoms with Crippen LogP contribution in [0.15, 0.2) is 84.1 Å². The molecule has 3 aromatic carbocycles. The van der Waals surface area contributed by atoms with Gasteiger partial charge in [-0.25, -0.2) is 0 Å². The van der Waals surface area contributed by atoms with Crippen molar-refractivity contribution in [3.63, 3.8) is 0 Å². The van der Waals surface area contributed by atoms with Crippen molar-refractivity contribution in [3.8, 4) is 0 Å². The summed E-state index contributed by atoms with van der Waals surface area (Å²) in [5.41, 5.74) is 7.09. The van der Waals surface area contributed by atoms with Gasteiger partial charge in [-0.15, -0.1) is 0 Å². The Morgan fingerprint density at radius 1 is 0.833 bits per heavy atom. The first kappa shape index (κ1) is 14.4. The van der Waals surface area contributed by atoms with Gasteiger partial charge >= 0.3 is 0 Å². The van der Waals surface area contributed by atoms with E-state index in [4.69, 9.17) is 0 Å². The summed E-state index contributed by atoms with van der Waals surface area (Å²) in [4.78, 5) is 4.45. The number of para-hydroxylation sites is 1. The molecule has 0 fully saturated rings. The Balaban J connectivity index is 1.72. The number of benzene rings is 3. The maximum Gasteiger partial charge on any atom is 0.0951 e. The first-order chi connectivity index (χ1) is 11.8. The average molecular weight is 311 g/mol. The van der Waals surface area contributed by atoms with E-state index >= 15 is 0 Å². The van der Waals surface area contributed by atoms with Crippen LogP contribution >= 0.6 is 0 Å². The molecule has 0 unspecified atom stereocenters. The predicted molar refractivity (Wildman–Crippen MR) is 102 cm³/mol. The standard InChI is InChI=1S/C21H17N3/c1-15(18-12-4-8-16-7-2-3-11-19(16)18)23-24-20-13-5-9-17-10-6-14-22-21(17)20/h2-14,24H,1H3/b23-15+. The molecule has 1 N–H and O–H groups in total. The Morgan fingerprint density at radius 3 is 2.54 bits per heavy atom. The molecule has 1 heterocycles. The van der Waals surface area contributed by atoms with E-state index in [0.29, 0.717) is 0 Å². The van der Waals surface area contributed by atoms with Crippen LogP contribution in [0.25, 0.3) is 21.7 Å². The van der Waals surface area contributed by atoms with Crippen LogP contribution in [0.1, 0.15) is 12.5 Å². The largest absolute Gasteiger partial charge is 0.276 e. The molecular weight excluding hydrogens is 294 g/mol. The lowest BCUT2D eigenvalue weighted by Crippen LogP contribution is -2.01. The van der Waals surface area contributed by atoms with E-state index in [1.807, 2.05) is 25.1 Å². The van der Waals surface area contributed by atoms with E-state index in [1.165, 1.54) is 10.8 Å². The smallest absolute Gasteiger partial charge is 0.0951 e. The van der Waals surface area contributed by atoms with Gasteiger partial charge in [-0.1, -0.05) is 60.7 Å². The van der Waals surface area contributed by atoms with Crippen molar-refractivity contribution in [3.05, 3.63) is 84.6 Å². The third-order valence-corrected chi connectivity index (χ3v) is 4.16. The zero-order valence-electron chi connectivity index (χ0n) is 13.4. The van der Waals surface area contributed by atoms with Gasteiger partial charge in [0, 0.05) is 17.1 Å². The molecule has 0 aliphatic carbocycles. The Morgan fingerprint density at radius 2 is 1.58 bits per heavy atom. The van der Waals surface area contributed by atoms with Gasteiger partial charge in [-0.05, 0) is 29.8 Å². The summed E-state index contributed by atoms with van der Waals surface area (Å²) in [7, 11) is 0. The van der Waals surface area contributed by atoms with Crippen molar-refractivity contribution < 1.29 is 0 Å². The maximum atomic E-state index is 4.59. The summed E-state index contributed by atoms with van der Waals surface area (Å²) < 4.78 is 0. The van der Waals surface area contributed by atoms with Crippen LogP contribution in [0.5, 0.6) is 0 Å². The van der Waals surface area contributed by atoms with Crippen LogP contribution in [0.3, 0.4) is 0 Å². The van der Waals surface area contributed by atoms with Crippen LogP contribution in [-0.4, -0.2) is 10.7 Å². The van der Waals surface area contributed by atoms with Gasteiger partial charge in [0.05, 0.1) is 16.9 Å². The van der Waals surface area contributed by atoms with Crippen molar-refractivity contribution in [2.45, 2.75) is 6.92 Å². The second-order valence-electron chi connectivity index (χ2n) is 5.72. The van der Waals surface area contributed by atoms with E-state index in [1.54, 1.807) is 6.20 Å². The van der Waals surface area contributed by atoms with Crippen LogP contribution in [-0.2, 0) is 0 Å². The molecule has 1 aromatic heterocycles. The van der Waals surface area contributed by atoms with E-state index in [9.17, 15) is 0 Å². The van der Waals surface area contributed by atoms with Crippen molar-refractivity contribution in [2.75, 3.05) is 5.43 Å². The van der Waals surface area contributed by atoms with Crippen molar-refractivity contribution in [1.82, 2.24) is 4.98 Å². The molecule has 0 spiro atoms. The molecule has 0 bridgehead atoms. The number of rotatable bonds is 3. The first-order valence-electron chi connectivity index (χ1n) is 7.95. The molecule has 24 heavy (non-hydrogen) atoms. The van der Waals surface area contributed by atoms with E-state index in [0.717, 1.165) is 27.9 Å². The minimum Gasteiger partial charge on any atom is -0.276 e. The number of nitrogens with zero attached hydrogens (tertiary/aromatic N) is 2. The fourth-order valence-electron chi connectivity index (χ4n) is 2.94. The highest BCUT2D eigenvalue weighted by Crippen LogP contribution is 2.22. The second kappa shape index (κ2) is 6.13. The summed E-state index contributed by atoms with van der Waals surface area (Å²) >= 11 is 0. The van der Waals surface area contributed by atoms with Gasteiger partial charge < -0.3 is 0 Å². The number of hydrogen-bond donors (Lipinski definition) is 1. The van der Waals surface area contributed by atoms with E-state index in [2.05, 4.69) is 70.1 Å². The third-order valence-electron chi connectivity index (χ3n) is 4.16. The second-order valence-corrected chi connectivity index (χ2v) is 5.72. The molecular formula is C21H17N3. The highest BCUT2D eigenvalue weighted by Gasteiger charge is 2.04. The van der Waals surface area contributed by atoms with Gasteiger partial charge in [-0.3, -0.25) is 10.4 Å². The van der Waals surface area contributed by atoms with E-state index < -0.39 is 0 Å². The molecule has 0 saturated heterocycles. The summed E-state index contributed by atoms with van der Waals surface area (Å²) in [6.07, 6.45) is 1.80. The molecule has 3 nitrogen and oxygen atoms in total. The number of pyridine rings is 1. The zero-order chi connectivity index (χ0) is 16.4. The van der Waals surface area contributed by atoms with E-state index in [-0.39, 0.29) is 0 Å². The lowest BCUT2D eigenvalue weighted by Gasteiger charge is -2.08. The molecule has 0 saturated carbocycles. The maximum absolute atomic E-state index is 4.59. The minimum atomic E-state index is 0.910. The Labute approximate surface area is 140 Å². The fraction of sp³-hybridized carbons (Fsp3) is 0.0476. The predicted octanol–water partition coefficient (Wildman–Crippen LogP) is 5.22. The van der Waals surface area contributed by atoms with Crippen molar-refractivity contribution in [1.29, 1.82) is 0 Å². The summed E-state index contributed by atoms with van der Waals surface area (Å²) in [5.74, 6) is 0. The number of hydrogen-bond acceptors (Lipinski definition) is 3. The Bertz CT molecular complexity index is 1040. The van der Waals surface area contributed by atoms with Gasteiger partial charge in [0.2, 0.25) is 0 Å². The zero-order valence-corrected chi connectivity index (χ0v) is 13.4. The van der Waals surface area contributed by atoms with Crippen molar-refractivity contribution in [2.24, 2.45) is 5.10 Å². The summed E-state index contributed by atoms with van der Waals surface area (Å²) in [6, 6.07) is 24.7. The number of anilines is 1. The highest BCUT2D eigenvalue weighted by molar-refractivity contribution is 6.10. The van der Waals surface area contributed by atoms with Gasteiger partial charge in [0.25, 0.3) is 0 Å². The SMILES string of the molecule is C/C(=N\Nc1cccc2cccnc12)c1cccc2ccccc12. The first-order valence-corrected chi connectivity index (χ1v) is 7.95. The van der Waals surface area contributed by atoms with Crippen LogP contribution in [0.4, 0.5) is 5.69 Å². The molecule has 0 radical (unpaired) electrons. The summed E-state index contributed by atoms with van der Waals surface area (Å²) in [6.45, 7) is 2.02. The number of aromatic nitrogens is 1. The molecule has 0 aliphatic heterocycles. The van der Waals surface area contributed by atoms with Gasteiger partial charge in [0.15, 0.2) is 0 Å². The fourth-order valence-corrected chi connectivity index (χ4v) is 2.94. The monoisotopic (exact) mass is 311 g/mol. The molecule has 0 aliphatic rings. The topological polar surface area (TPSA) is 37.3 Å².